The maximum atomic E-state index is 11.9. The van der Waals surface area contributed by atoms with Crippen molar-refractivity contribution in [2.75, 3.05) is 6.54 Å². The van der Waals surface area contributed by atoms with Crippen molar-refractivity contribution in [1.82, 2.24) is 5.32 Å². The molecule has 5 heteroatoms. The van der Waals surface area contributed by atoms with Gasteiger partial charge in [0.2, 0.25) is 5.91 Å². The minimum absolute atomic E-state index is 0.0295. The number of nitro benzene ring substituents is 1. The summed E-state index contributed by atoms with van der Waals surface area (Å²) in [5.41, 5.74) is 1.97. The maximum Gasteiger partial charge on any atom is 0.269 e. The van der Waals surface area contributed by atoms with E-state index in [2.05, 4.69) is 12.2 Å². The number of non-ortho nitro benzene ring substituents is 1. The van der Waals surface area contributed by atoms with Gasteiger partial charge in [-0.1, -0.05) is 49.4 Å². The van der Waals surface area contributed by atoms with Crippen molar-refractivity contribution in [1.29, 1.82) is 0 Å². The molecule has 0 saturated heterocycles. The standard InChI is InChI=1S/C17H18N2O3/c1-13(15-5-3-2-4-6-15)12-18-17(20)11-14-7-9-16(10-8-14)19(21)22/h2-10,13H,11-12H2,1H3,(H,18,20)/t13-/m0/s1. The molecule has 0 aliphatic heterocycles. The number of benzene rings is 2. The molecular formula is C17H18N2O3. The van der Waals surface area contributed by atoms with Crippen LogP contribution in [-0.4, -0.2) is 17.4 Å². The Bertz CT molecular complexity index is 639. The summed E-state index contributed by atoms with van der Waals surface area (Å²) in [5, 5.41) is 13.5. The molecule has 2 aromatic rings. The third-order valence-electron chi connectivity index (χ3n) is 3.49. The van der Waals surface area contributed by atoms with Gasteiger partial charge in [0.05, 0.1) is 11.3 Å². The van der Waals surface area contributed by atoms with Crippen molar-refractivity contribution in [2.45, 2.75) is 19.3 Å². The highest BCUT2D eigenvalue weighted by Gasteiger charge is 2.09. The molecule has 0 heterocycles. The molecule has 0 radical (unpaired) electrons. The molecule has 0 saturated carbocycles. The fourth-order valence-corrected chi connectivity index (χ4v) is 2.15. The number of rotatable bonds is 6. The third-order valence-corrected chi connectivity index (χ3v) is 3.49. The highest BCUT2D eigenvalue weighted by atomic mass is 16.6. The van der Waals surface area contributed by atoms with E-state index in [0.717, 1.165) is 5.56 Å². The number of hydrogen-bond acceptors (Lipinski definition) is 3. The van der Waals surface area contributed by atoms with Crippen LogP contribution in [0, 0.1) is 10.1 Å². The highest BCUT2D eigenvalue weighted by Crippen LogP contribution is 2.14. The molecule has 2 aromatic carbocycles. The van der Waals surface area contributed by atoms with Crippen LogP contribution in [0.1, 0.15) is 24.0 Å². The molecule has 0 spiro atoms. The van der Waals surface area contributed by atoms with E-state index in [0.29, 0.717) is 6.54 Å². The van der Waals surface area contributed by atoms with Crippen molar-refractivity contribution in [2.24, 2.45) is 0 Å². The van der Waals surface area contributed by atoms with Gasteiger partial charge in [0.15, 0.2) is 0 Å². The fraction of sp³-hybridized carbons (Fsp3) is 0.235. The van der Waals surface area contributed by atoms with E-state index in [1.54, 1.807) is 12.1 Å². The third kappa shape index (κ3) is 4.41. The second kappa shape index (κ2) is 7.36. The Kier molecular flexibility index (Phi) is 5.25. The predicted molar refractivity (Wildman–Crippen MR) is 84.7 cm³/mol. The second-order valence-electron chi connectivity index (χ2n) is 5.22. The van der Waals surface area contributed by atoms with E-state index in [9.17, 15) is 14.9 Å². The molecule has 1 amide bonds. The van der Waals surface area contributed by atoms with Gasteiger partial charge in [0.25, 0.3) is 5.69 Å². The van der Waals surface area contributed by atoms with E-state index in [-0.39, 0.29) is 23.9 Å². The quantitative estimate of drug-likeness (QED) is 0.658. The summed E-state index contributed by atoms with van der Waals surface area (Å²) in [5.74, 6) is 0.152. The van der Waals surface area contributed by atoms with E-state index in [1.807, 2.05) is 30.3 Å². The predicted octanol–water partition coefficient (Wildman–Crippen LogP) is 3.06. The Labute approximate surface area is 129 Å². The normalized spacial score (nSPS) is 11.7. The molecule has 0 unspecified atom stereocenters. The average molecular weight is 298 g/mol. The summed E-state index contributed by atoms with van der Waals surface area (Å²) >= 11 is 0. The topological polar surface area (TPSA) is 72.2 Å². The van der Waals surface area contributed by atoms with E-state index >= 15 is 0 Å². The molecule has 0 aliphatic rings. The van der Waals surface area contributed by atoms with E-state index in [4.69, 9.17) is 0 Å². The van der Waals surface area contributed by atoms with Gasteiger partial charge in [-0.2, -0.15) is 0 Å². The maximum absolute atomic E-state index is 11.9. The smallest absolute Gasteiger partial charge is 0.269 e. The summed E-state index contributed by atoms with van der Waals surface area (Å²) in [6.45, 7) is 2.62. The summed E-state index contributed by atoms with van der Waals surface area (Å²) < 4.78 is 0. The van der Waals surface area contributed by atoms with Crippen LogP contribution < -0.4 is 5.32 Å². The number of carbonyl (C=O) groups excluding carboxylic acids is 1. The largest absolute Gasteiger partial charge is 0.355 e. The number of nitrogens with one attached hydrogen (secondary N) is 1. The van der Waals surface area contributed by atoms with Crippen LogP contribution >= 0.6 is 0 Å². The Morgan fingerprint density at radius 3 is 2.36 bits per heavy atom. The minimum atomic E-state index is -0.453. The number of carbonyl (C=O) groups is 1. The molecular weight excluding hydrogens is 280 g/mol. The van der Waals surface area contributed by atoms with Crippen LogP contribution in [0.3, 0.4) is 0 Å². The average Bonchev–Trinajstić information content (AvgIpc) is 2.54. The molecule has 114 valence electrons. The first kappa shape index (κ1) is 15.7. The van der Waals surface area contributed by atoms with Crippen molar-refractivity contribution in [3.8, 4) is 0 Å². The van der Waals surface area contributed by atoms with E-state index in [1.165, 1.54) is 17.7 Å². The second-order valence-corrected chi connectivity index (χ2v) is 5.22. The van der Waals surface area contributed by atoms with Gasteiger partial charge in [-0.05, 0) is 17.0 Å². The highest BCUT2D eigenvalue weighted by molar-refractivity contribution is 5.78. The van der Waals surface area contributed by atoms with E-state index < -0.39 is 4.92 Å². The Balaban J connectivity index is 1.84. The van der Waals surface area contributed by atoms with Crippen LogP contribution in [-0.2, 0) is 11.2 Å². The van der Waals surface area contributed by atoms with Crippen molar-refractivity contribution >= 4 is 11.6 Å². The van der Waals surface area contributed by atoms with Crippen LogP contribution in [0.15, 0.2) is 54.6 Å². The lowest BCUT2D eigenvalue weighted by Gasteiger charge is -2.13. The van der Waals surface area contributed by atoms with Gasteiger partial charge in [-0.3, -0.25) is 14.9 Å². The summed E-state index contributed by atoms with van der Waals surface area (Å²) in [6, 6.07) is 16.0. The Hall–Kier alpha value is -2.69. The van der Waals surface area contributed by atoms with Crippen molar-refractivity contribution < 1.29 is 9.72 Å². The van der Waals surface area contributed by atoms with Crippen LogP contribution in [0.25, 0.3) is 0 Å². The van der Waals surface area contributed by atoms with Crippen LogP contribution in [0.5, 0.6) is 0 Å². The first-order chi connectivity index (χ1) is 10.6. The number of hydrogen-bond donors (Lipinski definition) is 1. The first-order valence-electron chi connectivity index (χ1n) is 7.11. The van der Waals surface area contributed by atoms with Gasteiger partial charge < -0.3 is 5.32 Å². The van der Waals surface area contributed by atoms with Gasteiger partial charge in [-0.15, -0.1) is 0 Å². The zero-order valence-electron chi connectivity index (χ0n) is 12.4. The Morgan fingerprint density at radius 2 is 1.77 bits per heavy atom. The van der Waals surface area contributed by atoms with Crippen molar-refractivity contribution in [3.05, 3.63) is 75.8 Å². The number of nitrogens with zero attached hydrogens (tertiary/aromatic N) is 1. The molecule has 0 aromatic heterocycles. The SMILES string of the molecule is C[C@@H](CNC(=O)Cc1ccc([N+](=O)[O-])cc1)c1ccccc1. The number of amides is 1. The number of nitro groups is 1. The Morgan fingerprint density at radius 1 is 1.14 bits per heavy atom. The molecule has 2 rings (SSSR count). The van der Waals surface area contributed by atoms with Gasteiger partial charge >= 0.3 is 0 Å². The molecule has 0 aliphatic carbocycles. The molecule has 1 N–H and O–H groups in total. The fourth-order valence-electron chi connectivity index (χ4n) is 2.15. The molecule has 22 heavy (non-hydrogen) atoms. The minimum Gasteiger partial charge on any atom is -0.355 e. The zero-order chi connectivity index (χ0) is 15.9. The molecule has 1 atom stereocenters. The summed E-state index contributed by atoms with van der Waals surface area (Å²) in [4.78, 5) is 22.0. The lowest BCUT2D eigenvalue weighted by Crippen LogP contribution is -2.28. The molecule has 0 fully saturated rings. The monoisotopic (exact) mass is 298 g/mol. The van der Waals surface area contributed by atoms with Crippen molar-refractivity contribution in [3.63, 3.8) is 0 Å². The lowest BCUT2D eigenvalue weighted by molar-refractivity contribution is -0.384. The van der Waals surface area contributed by atoms with Crippen LogP contribution in [0.4, 0.5) is 5.69 Å². The first-order valence-corrected chi connectivity index (χ1v) is 7.11. The van der Waals surface area contributed by atoms with Gasteiger partial charge in [0, 0.05) is 18.7 Å². The lowest BCUT2D eigenvalue weighted by atomic mass is 10.0. The molecule has 5 nitrogen and oxygen atoms in total. The summed E-state index contributed by atoms with van der Waals surface area (Å²) in [7, 11) is 0. The zero-order valence-corrected chi connectivity index (χ0v) is 12.4. The summed E-state index contributed by atoms with van der Waals surface area (Å²) in [6.07, 6.45) is 0.222. The molecule has 0 bridgehead atoms. The van der Waals surface area contributed by atoms with Gasteiger partial charge in [-0.25, -0.2) is 0 Å². The van der Waals surface area contributed by atoms with Crippen LogP contribution in [0.2, 0.25) is 0 Å². The van der Waals surface area contributed by atoms with Gasteiger partial charge in [0.1, 0.15) is 0 Å².